The molecule has 1 aliphatic rings. The molecule has 0 spiro atoms. The molecule has 1 atom stereocenters. The number of hydrogen-bond acceptors (Lipinski definition) is 6. The van der Waals surface area contributed by atoms with E-state index in [9.17, 15) is 14.7 Å². The standard InChI is InChI=1S/C22H26N4O3S2/c1-3-13(2)23-10-8-18(27)25-21-19(20-24-15-6-4-5-7-16(15)30-20)14-9-11-26(22(28)29)12-17(14)31-21/h4-7,13,23H,3,8-12H2,1-2H3,(H,25,27)(H,28,29)/t13-/m1/s1. The van der Waals surface area contributed by atoms with E-state index in [2.05, 4.69) is 24.5 Å². The SMILES string of the molecule is CC[C@@H](C)NCCC(=O)Nc1sc2c(c1-c1nc3ccccc3s1)CCN(C(=O)O)C2. The fourth-order valence-corrected chi connectivity index (χ4v) is 6.02. The van der Waals surface area contributed by atoms with Crippen LogP contribution in [0.1, 0.15) is 37.1 Å². The second kappa shape index (κ2) is 9.33. The molecule has 3 N–H and O–H groups in total. The van der Waals surface area contributed by atoms with Crippen molar-refractivity contribution in [3.8, 4) is 10.6 Å². The van der Waals surface area contributed by atoms with Crippen LogP contribution in [0.15, 0.2) is 24.3 Å². The summed E-state index contributed by atoms with van der Waals surface area (Å²) >= 11 is 3.07. The number of amides is 2. The van der Waals surface area contributed by atoms with E-state index in [0.29, 0.717) is 38.5 Å². The number of benzene rings is 1. The molecule has 0 bridgehead atoms. The third-order valence-electron chi connectivity index (χ3n) is 5.55. The van der Waals surface area contributed by atoms with E-state index in [1.807, 2.05) is 24.3 Å². The van der Waals surface area contributed by atoms with Gasteiger partial charge in [0.1, 0.15) is 10.0 Å². The van der Waals surface area contributed by atoms with Crippen LogP contribution in [-0.4, -0.2) is 46.1 Å². The Morgan fingerprint density at radius 3 is 2.84 bits per heavy atom. The Hall–Kier alpha value is -2.49. The van der Waals surface area contributed by atoms with Crippen LogP contribution in [0.25, 0.3) is 20.8 Å². The van der Waals surface area contributed by atoms with E-state index >= 15 is 0 Å². The van der Waals surface area contributed by atoms with Crippen LogP contribution in [-0.2, 0) is 17.8 Å². The number of para-hydroxylation sites is 1. The Kier molecular flexibility index (Phi) is 6.54. The minimum atomic E-state index is -0.915. The van der Waals surface area contributed by atoms with Crippen LogP contribution in [0, 0.1) is 0 Å². The summed E-state index contributed by atoms with van der Waals surface area (Å²) < 4.78 is 1.09. The van der Waals surface area contributed by atoms with Crippen molar-refractivity contribution in [2.75, 3.05) is 18.4 Å². The molecule has 0 fully saturated rings. The fraction of sp³-hybridized carbons (Fsp3) is 0.409. The van der Waals surface area contributed by atoms with Crippen molar-refractivity contribution in [3.63, 3.8) is 0 Å². The van der Waals surface area contributed by atoms with Gasteiger partial charge in [0.2, 0.25) is 5.91 Å². The summed E-state index contributed by atoms with van der Waals surface area (Å²) in [7, 11) is 0. The second-order valence-electron chi connectivity index (χ2n) is 7.71. The maximum Gasteiger partial charge on any atom is 0.407 e. The van der Waals surface area contributed by atoms with Crippen molar-refractivity contribution >= 4 is 49.9 Å². The molecule has 1 aliphatic heterocycles. The molecule has 9 heteroatoms. The first kappa shape index (κ1) is 21.7. The molecular weight excluding hydrogens is 432 g/mol. The van der Waals surface area contributed by atoms with E-state index in [4.69, 9.17) is 4.98 Å². The van der Waals surface area contributed by atoms with Gasteiger partial charge in [-0.15, -0.1) is 22.7 Å². The molecule has 2 amide bonds. The molecule has 0 aliphatic carbocycles. The molecule has 0 saturated carbocycles. The number of fused-ring (bicyclic) bond motifs is 2. The number of nitrogens with zero attached hydrogens (tertiary/aromatic N) is 2. The summed E-state index contributed by atoms with van der Waals surface area (Å²) in [5.74, 6) is -0.0492. The number of thiophene rings is 1. The number of carbonyl (C=O) groups is 2. The predicted molar refractivity (Wildman–Crippen MR) is 126 cm³/mol. The van der Waals surface area contributed by atoms with Crippen molar-refractivity contribution in [1.29, 1.82) is 0 Å². The third kappa shape index (κ3) is 4.73. The maximum absolute atomic E-state index is 12.7. The van der Waals surface area contributed by atoms with E-state index in [1.54, 1.807) is 11.3 Å². The van der Waals surface area contributed by atoms with Crippen molar-refractivity contribution in [1.82, 2.24) is 15.2 Å². The lowest BCUT2D eigenvalue weighted by Crippen LogP contribution is -2.34. The number of rotatable bonds is 7. The first-order chi connectivity index (χ1) is 15.0. The van der Waals surface area contributed by atoms with E-state index in [0.717, 1.165) is 42.7 Å². The molecule has 3 aromatic rings. The molecule has 0 radical (unpaired) electrons. The summed E-state index contributed by atoms with van der Waals surface area (Å²) in [5.41, 5.74) is 2.99. The first-order valence-corrected chi connectivity index (χ1v) is 12.1. The lowest BCUT2D eigenvalue weighted by Gasteiger charge is -2.24. The Morgan fingerprint density at radius 1 is 1.29 bits per heavy atom. The van der Waals surface area contributed by atoms with Crippen LogP contribution in [0.5, 0.6) is 0 Å². The Morgan fingerprint density at radius 2 is 2.10 bits per heavy atom. The number of nitrogens with one attached hydrogen (secondary N) is 2. The van der Waals surface area contributed by atoms with Gasteiger partial charge in [-0.1, -0.05) is 19.1 Å². The van der Waals surface area contributed by atoms with Gasteiger partial charge in [0, 0.05) is 36.0 Å². The molecule has 1 aromatic carbocycles. The van der Waals surface area contributed by atoms with Gasteiger partial charge < -0.3 is 20.6 Å². The van der Waals surface area contributed by atoms with Crippen LogP contribution in [0.4, 0.5) is 9.80 Å². The molecule has 0 saturated heterocycles. The minimum absolute atomic E-state index is 0.0492. The zero-order valence-corrected chi connectivity index (χ0v) is 19.2. The number of carbonyl (C=O) groups excluding carboxylic acids is 1. The minimum Gasteiger partial charge on any atom is -0.465 e. The smallest absolute Gasteiger partial charge is 0.407 e. The molecule has 31 heavy (non-hydrogen) atoms. The van der Waals surface area contributed by atoms with E-state index < -0.39 is 6.09 Å². The van der Waals surface area contributed by atoms with E-state index in [1.165, 1.54) is 16.2 Å². The van der Waals surface area contributed by atoms with Gasteiger partial charge in [0.15, 0.2) is 0 Å². The molecule has 3 heterocycles. The third-order valence-corrected chi connectivity index (χ3v) is 7.73. The highest BCUT2D eigenvalue weighted by atomic mass is 32.1. The fourth-order valence-electron chi connectivity index (χ4n) is 3.63. The van der Waals surface area contributed by atoms with Gasteiger partial charge in [-0.05, 0) is 37.5 Å². The molecular formula is C22H26N4O3S2. The normalized spacial score (nSPS) is 14.5. The second-order valence-corrected chi connectivity index (χ2v) is 9.85. The van der Waals surface area contributed by atoms with Crippen molar-refractivity contribution < 1.29 is 14.7 Å². The maximum atomic E-state index is 12.7. The average molecular weight is 459 g/mol. The highest BCUT2D eigenvalue weighted by Gasteiger charge is 2.29. The Labute approximate surface area is 189 Å². The van der Waals surface area contributed by atoms with Gasteiger partial charge in [0.25, 0.3) is 0 Å². The van der Waals surface area contributed by atoms with Crippen LogP contribution < -0.4 is 10.6 Å². The molecule has 7 nitrogen and oxygen atoms in total. The summed E-state index contributed by atoms with van der Waals surface area (Å²) in [6.07, 6.45) is 1.10. The summed E-state index contributed by atoms with van der Waals surface area (Å²) in [4.78, 5) is 31.3. The van der Waals surface area contributed by atoms with Crippen LogP contribution in [0.2, 0.25) is 0 Å². The number of hydrogen-bond donors (Lipinski definition) is 3. The Balaban J connectivity index is 1.64. The zero-order chi connectivity index (χ0) is 22.0. The Bertz CT molecular complexity index is 1070. The van der Waals surface area contributed by atoms with Gasteiger partial charge in [-0.3, -0.25) is 4.79 Å². The number of aromatic nitrogens is 1. The predicted octanol–water partition coefficient (Wildman–Crippen LogP) is 4.78. The van der Waals surface area contributed by atoms with Gasteiger partial charge in [-0.25, -0.2) is 9.78 Å². The lowest BCUT2D eigenvalue weighted by molar-refractivity contribution is -0.116. The van der Waals surface area contributed by atoms with E-state index in [-0.39, 0.29) is 5.91 Å². The number of thiazole rings is 1. The quantitative estimate of drug-likeness (QED) is 0.474. The van der Waals surface area contributed by atoms with Crippen molar-refractivity contribution in [2.24, 2.45) is 0 Å². The van der Waals surface area contributed by atoms with Crippen molar-refractivity contribution in [2.45, 2.75) is 45.7 Å². The van der Waals surface area contributed by atoms with Crippen molar-refractivity contribution in [3.05, 3.63) is 34.7 Å². The zero-order valence-electron chi connectivity index (χ0n) is 17.6. The monoisotopic (exact) mass is 458 g/mol. The highest BCUT2D eigenvalue weighted by Crippen LogP contribution is 2.45. The molecule has 0 unspecified atom stereocenters. The first-order valence-electron chi connectivity index (χ1n) is 10.5. The molecule has 164 valence electrons. The average Bonchev–Trinajstić information content (AvgIpc) is 3.33. The van der Waals surface area contributed by atoms with Gasteiger partial charge in [0.05, 0.1) is 16.8 Å². The van der Waals surface area contributed by atoms with Gasteiger partial charge in [-0.2, -0.15) is 0 Å². The van der Waals surface area contributed by atoms with Crippen LogP contribution in [0.3, 0.4) is 0 Å². The summed E-state index contributed by atoms with van der Waals surface area (Å²) in [6.45, 7) is 5.63. The topological polar surface area (TPSA) is 94.6 Å². The van der Waals surface area contributed by atoms with Gasteiger partial charge >= 0.3 is 6.09 Å². The number of carboxylic acid groups (broad SMARTS) is 1. The number of anilines is 1. The molecule has 2 aromatic heterocycles. The molecule has 4 rings (SSSR count). The summed E-state index contributed by atoms with van der Waals surface area (Å²) in [6, 6.07) is 8.36. The lowest BCUT2D eigenvalue weighted by atomic mass is 10.0. The highest BCUT2D eigenvalue weighted by molar-refractivity contribution is 7.22. The summed E-state index contributed by atoms with van der Waals surface area (Å²) in [5, 5.41) is 17.5. The van der Waals surface area contributed by atoms with Crippen LogP contribution >= 0.6 is 22.7 Å². The largest absolute Gasteiger partial charge is 0.465 e.